The molecule has 0 N–H and O–H groups in total. The molecule has 1 aliphatic heterocycles. The number of alkyl halides is 3. The van der Waals surface area contributed by atoms with Crippen LogP contribution in [0.2, 0.25) is 0 Å². The molecule has 32 heavy (non-hydrogen) atoms. The van der Waals surface area contributed by atoms with Gasteiger partial charge in [0.2, 0.25) is 0 Å². The maximum absolute atomic E-state index is 15.0. The number of ether oxygens (including phenoxy) is 1. The highest BCUT2D eigenvalue weighted by atomic mass is 19.4. The number of rotatable bonds is 3. The van der Waals surface area contributed by atoms with Crippen LogP contribution < -0.4 is 4.74 Å². The maximum atomic E-state index is 15.0. The van der Waals surface area contributed by atoms with Crippen LogP contribution in [0.3, 0.4) is 0 Å². The Hall–Kier alpha value is -2.18. The third-order valence-corrected chi connectivity index (χ3v) is 7.00. The fourth-order valence-electron chi connectivity index (χ4n) is 5.17. The molecule has 2 aromatic rings. The predicted octanol–water partition coefficient (Wildman–Crippen LogP) is 7.96. The fourth-order valence-corrected chi connectivity index (χ4v) is 5.17. The maximum Gasteiger partial charge on any atom is 0.425 e. The lowest BCUT2D eigenvalue weighted by Gasteiger charge is -2.33. The third-order valence-electron chi connectivity index (χ3n) is 7.00. The summed E-state index contributed by atoms with van der Waals surface area (Å²) in [6, 6.07) is 4.79. The molecule has 4 rings (SSSR count). The highest BCUT2D eigenvalue weighted by Gasteiger charge is 2.48. The van der Waals surface area contributed by atoms with Gasteiger partial charge in [0.05, 0.1) is 5.56 Å². The van der Waals surface area contributed by atoms with E-state index in [1.807, 2.05) is 0 Å². The zero-order valence-electron chi connectivity index (χ0n) is 18.0. The van der Waals surface area contributed by atoms with Gasteiger partial charge in [0.1, 0.15) is 11.6 Å². The number of hydrogen-bond acceptors (Lipinski definition) is 1. The summed E-state index contributed by atoms with van der Waals surface area (Å²) in [7, 11) is 0. The Balaban J connectivity index is 1.65. The van der Waals surface area contributed by atoms with Crippen LogP contribution >= 0.6 is 0 Å². The van der Waals surface area contributed by atoms with Crippen LogP contribution in [0.4, 0.5) is 26.3 Å². The Morgan fingerprint density at radius 2 is 1.53 bits per heavy atom. The van der Waals surface area contributed by atoms with Crippen LogP contribution in [0.25, 0.3) is 11.1 Å². The van der Waals surface area contributed by atoms with E-state index in [1.165, 1.54) is 25.1 Å². The van der Waals surface area contributed by atoms with Crippen LogP contribution in [-0.4, -0.2) is 12.3 Å². The normalized spacial score (nSPS) is 25.9. The first-order chi connectivity index (χ1) is 15.1. The van der Waals surface area contributed by atoms with Gasteiger partial charge < -0.3 is 4.74 Å². The molecule has 1 fully saturated rings. The fraction of sp³-hybridized carbons (Fsp3) is 0.520. The van der Waals surface area contributed by atoms with Crippen LogP contribution in [0, 0.1) is 29.3 Å². The van der Waals surface area contributed by atoms with Crippen molar-refractivity contribution in [1.29, 1.82) is 0 Å². The van der Waals surface area contributed by atoms with Crippen LogP contribution in [0.1, 0.15) is 63.0 Å². The van der Waals surface area contributed by atoms with E-state index in [1.54, 1.807) is 0 Å². The molecule has 0 amide bonds. The Kier molecular flexibility index (Phi) is 6.21. The van der Waals surface area contributed by atoms with Gasteiger partial charge in [-0.1, -0.05) is 20.3 Å². The van der Waals surface area contributed by atoms with Crippen molar-refractivity contribution in [3.63, 3.8) is 0 Å². The van der Waals surface area contributed by atoms with Crippen molar-refractivity contribution in [2.45, 2.75) is 70.6 Å². The third kappa shape index (κ3) is 4.35. The van der Waals surface area contributed by atoms with Crippen molar-refractivity contribution >= 4 is 0 Å². The molecular formula is C25H26F6O. The van der Waals surface area contributed by atoms with E-state index in [4.69, 9.17) is 4.74 Å². The van der Waals surface area contributed by atoms with Gasteiger partial charge in [-0.15, -0.1) is 0 Å². The number of halogens is 6. The van der Waals surface area contributed by atoms with E-state index >= 15 is 8.78 Å². The molecule has 7 heteroatoms. The number of hydrogen-bond donors (Lipinski definition) is 0. The van der Waals surface area contributed by atoms with Crippen molar-refractivity contribution in [3.05, 3.63) is 52.8 Å². The highest BCUT2D eigenvalue weighted by molar-refractivity contribution is 5.68. The van der Waals surface area contributed by atoms with Crippen molar-refractivity contribution in [2.75, 3.05) is 0 Å². The molecule has 174 valence electrons. The van der Waals surface area contributed by atoms with E-state index in [2.05, 4.69) is 6.92 Å². The quantitative estimate of drug-likeness (QED) is 0.426. The van der Waals surface area contributed by atoms with Gasteiger partial charge in [-0.25, -0.2) is 13.2 Å². The van der Waals surface area contributed by atoms with Crippen molar-refractivity contribution < 1.29 is 31.1 Å². The minimum atomic E-state index is -4.63. The summed E-state index contributed by atoms with van der Waals surface area (Å²) in [5.74, 6) is -3.36. The smallest absolute Gasteiger partial charge is 0.425 e. The van der Waals surface area contributed by atoms with Gasteiger partial charge in [0.15, 0.2) is 17.7 Å². The molecule has 0 bridgehead atoms. The number of benzene rings is 2. The van der Waals surface area contributed by atoms with Gasteiger partial charge in [-0.2, -0.15) is 13.2 Å². The van der Waals surface area contributed by atoms with Crippen LogP contribution in [0.15, 0.2) is 24.3 Å². The van der Waals surface area contributed by atoms with Crippen LogP contribution in [0.5, 0.6) is 5.75 Å². The summed E-state index contributed by atoms with van der Waals surface area (Å²) in [5, 5.41) is 0. The largest absolute Gasteiger partial charge is 0.477 e. The molecule has 2 atom stereocenters. The Morgan fingerprint density at radius 3 is 2.09 bits per heavy atom. The van der Waals surface area contributed by atoms with E-state index in [9.17, 15) is 17.6 Å². The summed E-state index contributed by atoms with van der Waals surface area (Å²) in [4.78, 5) is 0. The molecule has 2 aliphatic rings. The standard InChI is InChI=1S/C25H26F6O/c1-3-14-4-6-15(7-5-14)16-10-19(26)22(20(27)11-16)17-9-18-8-13(2)24(25(29,30)31)32-23(18)21(28)12-17/h9-15,24H,3-8H2,1-2H3. The predicted molar refractivity (Wildman–Crippen MR) is 110 cm³/mol. The van der Waals surface area contributed by atoms with Gasteiger partial charge in [0, 0.05) is 5.92 Å². The molecule has 1 heterocycles. The minimum Gasteiger partial charge on any atom is -0.477 e. The summed E-state index contributed by atoms with van der Waals surface area (Å²) >= 11 is 0. The Morgan fingerprint density at radius 1 is 0.906 bits per heavy atom. The first-order valence-corrected chi connectivity index (χ1v) is 11.1. The highest BCUT2D eigenvalue weighted by Crippen LogP contribution is 2.43. The average molecular weight is 456 g/mol. The average Bonchev–Trinajstić information content (AvgIpc) is 2.72. The second-order valence-corrected chi connectivity index (χ2v) is 9.19. The summed E-state index contributed by atoms with van der Waals surface area (Å²) in [6.07, 6.45) is -1.95. The second kappa shape index (κ2) is 8.64. The lowest BCUT2D eigenvalue weighted by Crippen LogP contribution is -2.43. The van der Waals surface area contributed by atoms with Gasteiger partial charge in [-0.3, -0.25) is 0 Å². The second-order valence-electron chi connectivity index (χ2n) is 9.19. The van der Waals surface area contributed by atoms with Crippen molar-refractivity contribution in [2.24, 2.45) is 11.8 Å². The molecule has 0 saturated heterocycles. The van der Waals surface area contributed by atoms with Crippen molar-refractivity contribution in [1.82, 2.24) is 0 Å². The van der Waals surface area contributed by atoms with Gasteiger partial charge in [0.25, 0.3) is 0 Å². The van der Waals surface area contributed by atoms with Crippen molar-refractivity contribution in [3.8, 4) is 16.9 Å². The summed E-state index contributed by atoms with van der Waals surface area (Å²) in [6.45, 7) is 3.50. The molecule has 0 radical (unpaired) electrons. The first-order valence-electron chi connectivity index (χ1n) is 11.1. The zero-order chi connectivity index (χ0) is 23.2. The molecule has 2 unspecified atom stereocenters. The monoisotopic (exact) mass is 456 g/mol. The number of fused-ring (bicyclic) bond motifs is 1. The van der Waals surface area contributed by atoms with Gasteiger partial charge >= 0.3 is 6.18 Å². The lowest BCUT2D eigenvalue weighted by molar-refractivity contribution is -0.212. The molecule has 2 aromatic carbocycles. The SMILES string of the molecule is CCC1CCC(c2cc(F)c(-c3cc(F)c4c(c3)CC(C)C(C(F)(F)F)O4)c(F)c2)CC1. The molecule has 1 aliphatic carbocycles. The van der Waals surface area contributed by atoms with E-state index in [0.717, 1.165) is 38.2 Å². The molecule has 1 nitrogen and oxygen atoms in total. The molecule has 1 saturated carbocycles. The summed E-state index contributed by atoms with van der Waals surface area (Å²) < 4.78 is 89.1. The van der Waals surface area contributed by atoms with E-state index in [0.29, 0.717) is 11.5 Å². The Labute approximate surface area is 183 Å². The topological polar surface area (TPSA) is 9.23 Å². The zero-order valence-corrected chi connectivity index (χ0v) is 18.0. The van der Waals surface area contributed by atoms with Gasteiger partial charge in [-0.05, 0) is 84.9 Å². The molecule has 0 spiro atoms. The van der Waals surface area contributed by atoms with E-state index in [-0.39, 0.29) is 29.0 Å². The lowest BCUT2D eigenvalue weighted by atomic mass is 9.77. The first kappa shape index (κ1) is 23.0. The van der Waals surface area contributed by atoms with Crippen LogP contribution in [-0.2, 0) is 6.42 Å². The summed E-state index contributed by atoms with van der Waals surface area (Å²) in [5.41, 5.74) is 0.359. The minimum absolute atomic E-state index is 0.0428. The molecule has 0 aromatic heterocycles. The van der Waals surface area contributed by atoms with E-state index < -0.39 is 41.4 Å². The molecular weight excluding hydrogens is 430 g/mol. The Bertz CT molecular complexity index is 968.